The van der Waals surface area contributed by atoms with E-state index in [1.54, 1.807) is 0 Å². The zero-order valence-electron chi connectivity index (χ0n) is 14.4. The lowest BCUT2D eigenvalue weighted by atomic mass is 10.1. The zero-order valence-corrected chi connectivity index (χ0v) is 16.8. The topological polar surface area (TPSA) is 66.6 Å². The summed E-state index contributed by atoms with van der Waals surface area (Å²) in [5, 5.41) is 15.0. The number of halogens is 1. The summed E-state index contributed by atoms with van der Waals surface area (Å²) in [5.41, 5.74) is 3.32. The first-order valence-electron chi connectivity index (χ1n) is 8.13. The molecule has 0 saturated carbocycles. The third kappa shape index (κ3) is 4.91. The van der Waals surface area contributed by atoms with Crippen molar-refractivity contribution < 1.29 is 0 Å². The van der Waals surface area contributed by atoms with Gasteiger partial charge in [0.15, 0.2) is 17.4 Å². The van der Waals surface area contributed by atoms with Gasteiger partial charge < -0.3 is 10.6 Å². The minimum Gasteiger partial charge on any atom is -0.357 e. The molecule has 0 spiro atoms. The molecule has 132 valence electrons. The molecule has 0 fully saturated rings. The van der Waals surface area contributed by atoms with Crippen LogP contribution < -0.4 is 10.6 Å². The molecule has 1 aromatic carbocycles. The molecule has 0 aliphatic rings. The molecule has 7 heteroatoms. The monoisotopic (exact) mass is 450 g/mol. The van der Waals surface area contributed by atoms with Crippen LogP contribution in [0.4, 0.5) is 0 Å². The Bertz CT molecular complexity index is 842. The summed E-state index contributed by atoms with van der Waals surface area (Å²) in [6.07, 6.45) is 1.96. The van der Waals surface area contributed by atoms with E-state index in [1.165, 1.54) is 11.1 Å². The summed E-state index contributed by atoms with van der Waals surface area (Å²) in [6, 6.07) is 14.2. The Kier molecular flexibility index (Phi) is 7.17. The highest BCUT2D eigenvalue weighted by Gasteiger charge is 2.05. The second kappa shape index (κ2) is 9.36. The van der Waals surface area contributed by atoms with Gasteiger partial charge in [0.05, 0.1) is 13.1 Å². The fourth-order valence-electron chi connectivity index (χ4n) is 2.47. The van der Waals surface area contributed by atoms with E-state index in [4.69, 9.17) is 0 Å². The van der Waals surface area contributed by atoms with E-state index < -0.39 is 0 Å². The molecule has 6 nitrogen and oxygen atoms in total. The van der Waals surface area contributed by atoms with Gasteiger partial charge in [-0.25, -0.2) is 4.99 Å². The lowest BCUT2D eigenvalue weighted by Gasteiger charge is -2.11. The van der Waals surface area contributed by atoms with E-state index in [1.807, 2.05) is 40.9 Å². The lowest BCUT2D eigenvalue weighted by molar-refractivity contribution is 0.765. The minimum atomic E-state index is 0. The van der Waals surface area contributed by atoms with Gasteiger partial charge in [0.1, 0.15) is 0 Å². The van der Waals surface area contributed by atoms with Crippen LogP contribution in [-0.4, -0.2) is 27.1 Å². The molecule has 0 saturated heterocycles. The van der Waals surface area contributed by atoms with Gasteiger partial charge >= 0.3 is 0 Å². The molecule has 0 bridgehead atoms. The van der Waals surface area contributed by atoms with Crippen molar-refractivity contribution >= 4 is 35.6 Å². The minimum absolute atomic E-state index is 0. The summed E-state index contributed by atoms with van der Waals surface area (Å²) < 4.78 is 1.97. The van der Waals surface area contributed by atoms with Crippen molar-refractivity contribution in [3.8, 4) is 0 Å². The van der Waals surface area contributed by atoms with Gasteiger partial charge in [-0.3, -0.25) is 4.40 Å². The summed E-state index contributed by atoms with van der Waals surface area (Å²) >= 11 is 0. The van der Waals surface area contributed by atoms with E-state index in [-0.39, 0.29) is 24.0 Å². The maximum absolute atomic E-state index is 4.66. The van der Waals surface area contributed by atoms with Crippen molar-refractivity contribution in [3.63, 3.8) is 0 Å². The van der Waals surface area contributed by atoms with E-state index in [0.29, 0.717) is 13.1 Å². The number of benzene rings is 1. The Morgan fingerprint density at radius 1 is 1.08 bits per heavy atom. The van der Waals surface area contributed by atoms with Crippen molar-refractivity contribution in [2.45, 2.75) is 26.9 Å². The van der Waals surface area contributed by atoms with E-state index >= 15 is 0 Å². The van der Waals surface area contributed by atoms with Gasteiger partial charge in [0, 0.05) is 12.7 Å². The summed E-state index contributed by atoms with van der Waals surface area (Å²) in [7, 11) is 0. The number of fused-ring (bicyclic) bond motifs is 1. The Balaban J connectivity index is 0.00000225. The summed E-state index contributed by atoms with van der Waals surface area (Å²) in [6.45, 7) is 6.17. The molecule has 2 N–H and O–H groups in total. The SMILES string of the molecule is CCNC(=NCc1ccccc1C)NCc1nnc2ccccn12.I. The van der Waals surface area contributed by atoms with Gasteiger partial charge in [-0.05, 0) is 37.1 Å². The van der Waals surface area contributed by atoms with E-state index in [2.05, 4.69) is 51.8 Å². The van der Waals surface area contributed by atoms with Gasteiger partial charge in [-0.15, -0.1) is 34.2 Å². The van der Waals surface area contributed by atoms with Crippen LogP contribution in [0.3, 0.4) is 0 Å². The Hall–Kier alpha value is -2.16. The van der Waals surface area contributed by atoms with Crippen LogP contribution in [-0.2, 0) is 13.1 Å². The Morgan fingerprint density at radius 3 is 2.68 bits per heavy atom. The average Bonchev–Trinajstić information content (AvgIpc) is 3.02. The fraction of sp³-hybridized carbons (Fsp3) is 0.278. The van der Waals surface area contributed by atoms with Crippen LogP contribution in [0.25, 0.3) is 5.65 Å². The maximum atomic E-state index is 4.66. The highest BCUT2D eigenvalue weighted by Crippen LogP contribution is 2.08. The highest BCUT2D eigenvalue weighted by molar-refractivity contribution is 14.0. The number of pyridine rings is 1. The highest BCUT2D eigenvalue weighted by atomic mass is 127. The number of guanidine groups is 1. The van der Waals surface area contributed by atoms with Crippen molar-refractivity contribution in [3.05, 3.63) is 65.6 Å². The third-order valence-electron chi connectivity index (χ3n) is 3.81. The number of aliphatic imine (C=N–C) groups is 1. The fourth-order valence-corrected chi connectivity index (χ4v) is 2.47. The predicted octanol–water partition coefficient (Wildman–Crippen LogP) is 2.91. The van der Waals surface area contributed by atoms with E-state index in [9.17, 15) is 0 Å². The molecule has 2 aromatic heterocycles. The van der Waals surface area contributed by atoms with Crippen molar-refractivity contribution in [2.75, 3.05) is 6.54 Å². The van der Waals surface area contributed by atoms with Gasteiger partial charge in [-0.2, -0.15) is 0 Å². The number of nitrogens with one attached hydrogen (secondary N) is 2. The zero-order chi connectivity index (χ0) is 16.8. The number of aromatic nitrogens is 3. The maximum Gasteiger partial charge on any atom is 0.191 e. The molecule has 2 heterocycles. The number of hydrogen-bond donors (Lipinski definition) is 2. The Morgan fingerprint density at radius 2 is 1.88 bits per heavy atom. The van der Waals surface area contributed by atoms with Crippen molar-refractivity contribution in [1.29, 1.82) is 0 Å². The first-order chi connectivity index (χ1) is 11.8. The van der Waals surface area contributed by atoms with Crippen molar-refractivity contribution in [1.82, 2.24) is 25.2 Å². The molecule has 0 aliphatic carbocycles. The molecule has 0 aliphatic heterocycles. The molecular weight excluding hydrogens is 427 g/mol. The number of aryl methyl sites for hydroxylation is 1. The van der Waals surface area contributed by atoms with Gasteiger partial charge in [0.2, 0.25) is 0 Å². The predicted molar refractivity (Wildman–Crippen MR) is 111 cm³/mol. The molecule has 0 atom stereocenters. The van der Waals surface area contributed by atoms with Gasteiger partial charge in [0.25, 0.3) is 0 Å². The standard InChI is InChI=1S/C18H22N6.HI/c1-3-19-18(20-12-15-9-5-4-8-14(15)2)21-13-17-23-22-16-10-6-7-11-24(16)17;/h4-11H,3,12-13H2,1-2H3,(H2,19,20,21);1H. The molecule has 0 amide bonds. The normalized spacial score (nSPS) is 11.2. The molecule has 0 radical (unpaired) electrons. The van der Waals surface area contributed by atoms with Crippen LogP contribution in [0, 0.1) is 6.92 Å². The number of nitrogens with zero attached hydrogens (tertiary/aromatic N) is 4. The first-order valence-corrected chi connectivity index (χ1v) is 8.13. The number of rotatable bonds is 5. The molecule has 3 rings (SSSR count). The largest absolute Gasteiger partial charge is 0.357 e. The number of hydrogen-bond acceptors (Lipinski definition) is 3. The van der Waals surface area contributed by atoms with Gasteiger partial charge in [-0.1, -0.05) is 30.3 Å². The second-order valence-electron chi connectivity index (χ2n) is 5.52. The van der Waals surface area contributed by atoms with Crippen LogP contribution in [0.2, 0.25) is 0 Å². The first kappa shape index (κ1) is 19.2. The Labute approximate surface area is 164 Å². The molecule has 0 unspecified atom stereocenters. The summed E-state index contributed by atoms with van der Waals surface area (Å²) in [4.78, 5) is 4.66. The van der Waals surface area contributed by atoms with Crippen LogP contribution in [0.1, 0.15) is 23.9 Å². The van der Waals surface area contributed by atoms with Crippen LogP contribution >= 0.6 is 24.0 Å². The lowest BCUT2D eigenvalue weighted by Crippen LogP contribution is -2.37. The van der Waals surface area contributed by atoms with Crippen LogP contribution in [0.5, 0.6) is 0 Å². The molecule has 3 aromatic rings. The van der Waals surface area contributed by atoms with E-state index in [0.717, 1.165) is 24.0 Å². The summed E-state index contributed by atoms with van der Waals surface area (Å²) in [5.74, 6) is 1.63. The van der Waals surface area contributed by atoms with Crippen LogP contribution in [0.15, 0.2) is 53.7 Å². The smallest absolute Gasteiger partial charge is 0.191 e. The quantitative estimate of drug-likeness (QED) is 0.357. The third-order valence-corrected chi connectivity index (χ3v) is 3.81. The second-order valence-corrected chi connectivity index (χ2v) is 5.52. The van der Waals surface area contributed by atoms with Crippen molar-refractivity contribution in [2.24, 2.45) is 4.99 Å². The molecular formula is C18H23IN6. The average molecular weight is 450 g/mol. The molecule has 25 heavy (non-hydrogen) atoms.